The van der Waals surface area contributed by atoms with Gasteiger partial charge in [0.2, 0.25) is 5.91 Å². The quantitative estimate of drug-likeness (QED) is 0.730. The Balaban J connectivity index is 3.84. The Kier molecular flexibility index (Phi) is 6.67. The fraction of sp³-hybridized carbons (Fsp3) is 0.500. The summed E-state index contributed by atoms with van der Waals surface area (Å²) < 4.78 is 0.165. The number of amides is 1. The van der Waals surface area contributed by atoms with Crippen LogP contribution < -0.4 is 5.32 Å². The van der Waals surface area contributed by atoms with Crippen molar-refractivity contribution in [3.63, 3.8) is 0 Å². The van der Waals surface area contributed by atoms with Gasteiger partial charge in [-0.3, -0.25) is 4.79 Å². The van der Waals surface area contributed by atoms with Crippen LogP contribution in [0.25, 0.3) is 0 Å². The second-order valence-electron chi connectivity index (χ2n) is 3.30. The number of hydrogen-bond acceptors (Lipinski definition) is 1. The topological polar surface area (TPSA) is 29.1 Å². The zero-order valence-electron chi connectivity index (χ0n) is 8.44. The summed E-state index contributed by atoms with van der Waals surface area (Å²) in [6.45, 7) is 7.87. The summed E-state index contributed by atoms with van der Waals surface area (Å²) in [5, 5.41) is 2.69. The van der Waals surface area contributed by atoms with Gasteiger partial charge in [-0.25, -0.2) is 0 Å². The lowest BCUT2D eigenvalue weighted by Gasteiger charge is -2.10. The number of carbonyl (C=O) groups excluding carboxylic acids is 1. The van der Waals surface area contributed by atoms with E-state index in [1.807, 2.05) is 13.8 Å². The minimum Gasteiger partial charge on any atom is -0.352 e. The first-order valence-electron chi connectivity index (χ1n) is 4.36. The molecule has 4 heteroatoms. The first-order chi connectivity index (χ1) is 6.43. The van der Waals surface area contributed by atoms with Gasteiger partial charge in [-0.05, 0) is 19.4 Å². The molecule has 0 aliphatic heterocycles. The van der Waals surface area contributed by atoms with Gasteiger partial charge in [0.05, 0.1) is 0 Å². The van der Waals surface area contributed by atoms with Crippen LogP contribution in [0.3, 0.4) is 0 Å². The lowest BCUT2D eigenvalue weighted by atomic mass is 10.0. The standard InChI is InChI=1S/C10H15Cl2NO/c1-7(2)6-8(3)10(14)13-5-4-9(11)12/h4,8H,1,5-6H2,2-3H3,(H,13,14). The Labute approximate surface area is 95.0 Å². The molecule has 0 rings (SSSR count). The van der Waals surface area contributed by atoms with Crippen LogP contribution in [-0.4, -0.2) is 12.5 Å². The fourth-order valence-electron chi connectivity index (χ4n) is 1.02. The van der Waals surface area contributed by atoms with Gasteiger partial charge in [0, 0.05) is 12.5 Å². The van der Waals surface area contributed by atoms with Crippen LogP contribution in [0.5, 0.6) is 0 Å². The zero-order valence-corrected chi connectivity index (χ0v) is 9.95. The third kappa shape index (κ3) is 6.98. The van der Waals surface area contributed by atoms with E-state index in [-0.39, 0.29) is 16.3 Å². The van der Waals surface area contributed by atoms with Crippen molar-refractivity contribution in [3.8, 4) is 0 Å². The summed E-state index contributed by atoms with van der Waals surface area (Å²) in [7, 11) is 0. The largest absolute Gasteiger partial charge is 0.352 e. The van der Waals surface area contributed by atoms with Gasteiger partial charge in [-0.2, -0.15) is 0 Å². The summed E-state index contributed by atoms with van der Waals surface area (Å²) in [5.41, 5.74) is 0.999. The smallest absolute Gasteiger partial charge is 0.223 e. The molecule has 0 aromatic carbocycles. The van der Waals surface area contributed by atoms with Crippen molar-refractivity contribution in [3.05, 3.63) is 22.7 Å². The molecular weight excluding hydrogens is 221 g/mol. The highest BCUT2D eigenvalue weighted by atomic mass is 35.5. The van der Waals surface area contributed by atoms with E-state index >= 15 is 0 Å². The average Bonchev–Trinajstić information content (AvgIpc) is 2.01. The van der Waals surface area contributed by atoms with Crippen molar-refractivity contribution in [2.24, 2.45) is 5.92 Å². The first-order valence-corrected chi connectivity index (χ1v) is 5.12. The summed E-state index contributed by atoms with van der Waals surface area (Å²) in [5.74, 6) is -0.0752. The van der Waals surface area contributed by atoms with Crippen LogP contribution in [0.4, 0.5) is 0 Å². The van der Waals surface area contributed by atoms with Crippen LogP contribution in [0.2, 0.25) is 0 Å². The molecule has 0 aromatic heterocycles. The predicted molar refractivity (Wildman–Crippen MR) is 61.4 cm³/mol. The lowest BCUT2D eigenvalue weighted by molar-refractivity contribution is -0.124. The second kappa shape index (κ2) is 6.91. The number of halogens is 2. The van der Waals surface area contributed by atoms with E-state index < -0.39 is 0 Å². The number of nitrogens with one attached hydrogen (secondary N) is 1. The molecule has 0 heterocycles. The van der Waals surface area contributed by atoms with E-state index in [2.05, 4.69) is 11.9 Å². The molecule has 2 nitrogen and oxygen atoms in total. The molecule has 1 atom stereocenters. The first kappa shape index (κ1) is 13.5. The van der Waals surface area contributed by atoms with Crippen molar-refractivity contribution in [1.29, 1.82) is 0 Å². The van der Waals surface area contributed by atoms with Gasteiger partial charge in [-0.15, -0.1) is 6.58 Å². The van der Waals surface area contributed by atoms with Gasteiger partial charge in [0.25, 0.3) is 0 Å². The molecule has 0 fully saturated rings. The summed E-state index contributed by atoms with van der Waals surface area (Å²) in [4.78, 5) is 11.4. The number of rotatable bonds is 5. The van der Waals surface area contributed by atoms with Crippen LogP contribution in [0.15, 0.2) is 22.7 Å². The molecular formula is C10H15Cl2NO. The Hall–Kier alpha value is -0.470. The van der Waals surface area contributed by atoms with E-state index in [9.17, 15) is 4.79 Å². The highest BCUT2D eigenvalue weighted by Crippen LogP contribution is 2.09. The van der Waals surface area contributed by atoms with Crippen molar-refractivity contribution >= 4 is 29.1 Å². The maximum absolute atomic E-state index is 11.4. The monoisotopic (exact) mass is 235 g/mol. The van der Waals surface area contributed by atoms with Crippen LogP contribution >= 0.6 is 23.2 Å². The molecule has 14 heavy (non-hydrogen) atoms. The molecule has 0 saturated heterocycles. The van der Waals surface area contributed by atoms with Gasteiger partial charge >= 0.3 is 0 Å². The Bertz CT molecular complexity index is 245. The van der Waals surface area contributed by atoms with Crippen molar-refractivity contribution < 1.29 is 4.79 Å². The Morgan fingerprint density at radius 3 is 2.57 bits per heavy atom. The van der Waals surface area contributed by atoms with Crippen molar-refractivity contribution in [2.75, 3.05) is 6.54 Å². The molecule has 1 N–H and O–H groups in total. The van der Waals surface area contributed by atoms with E-state index in [0.29, 0.717) is 13.0 Å². The van der Waals surface area contributed by atoms with Gasteiger partial charge in [-0.1, -0.05) is 35.7 Å². The van der Waals surface area contributed by atoms with Gasteiger partial charge in [0.15, 0.2) is 0 Å². The number of carbonyl (C=O) groups is 1. The second-order valence-corrected chi connectivity index (χ2v) is 4.31. The molecule has 0 aliphatic carbocycles. The SMILES string of the molecule is C=C(C)CC(C)C(=O)NCC=C(Cl)Cl. The lowest BCUT2D eigenvalue weighted by Crippen LogP contribution is -2.29. The molecule has 80 valence electrons. The number of allylic oxidation sites excluding steroid dienone is 1. The molecule has 1 amide bonds. The minimum atomic E-state index is -0.0602. The van der Waals surface area contributed by atoms with Crippen LogP contribution in [0.1, 0.15) is 20.3 Å². The summed E-state index contributed by atoms with van der Waals surface area (Å²) in [6.07, 6.45) is 2.23. The third-order valence-corrected chi connectivity index (χ3v) is 1.94. The molecule has 0 bridgehead atoms. The summed E-state index contributed by atoms with van der Waals surface area (Å²) >= 11 is 10.8. The average molecular weight is 236 g/mol. The van der Waals surface area contributed by atoms with Crippen molar-refractivity contribution in [1.82, 2.24) is 5.32 Å². The van der Waals surface area contributed by atoms with Gasteiger partial charge in [0.1, 0.15) is 4.49 Å². The normalized spacial score (nSPS) is 11.7. The number of hydrogen-bond donors (Lipinski definition) is 1. The molecule has 0 aromatic rings. The van der Waals surface area contributed by atoms with E-state index in [1.165, 1.54) is 6.08 Å². The minimum absolute atomic E-state index is 0.0150. The van der Waals surface area contributed by atoms with Gasteiger partial charge < -0.3 is 5.32 Å². The van der Waals surface area contributed by atoms with Crippen LogP contribution in [-0.2, 0) is 4.79 Å². The highest BCUT2D eigenvalue weighted by molar-refractivity contribution is 6.55. The maximum Gasteiger partial charge on any atom is 0.223 e. The fourth-order valence-corrected chi connectivity index (χ4v) is 1.17. The Morgan fingerprint density at radius 1 is 1.57 bits per heavy atom. The van der Waals surface area contributed by atoms with E-state index in [1.54, 1.807) is 0 Å². The zero-order chi connectivity index (χ0) is 11.1. The van der Waals surface area contributed by atoms with Crippen molar-refractivity contribution in [2.45, 2.75) is 20.3 Å². The molecule has 0 spiro atoms. The van der Waals surface area contributed by atoms with E-state index in [0.717, 1.165) is 5.57 Å². The predicted octanol–water partition coefficient (Wildman–Crippen LogP) is 3.02. The molecule has 1 unspecified atom stereocenters. The molecule has 0 saturated carbocycles. The maximum atomic E-state index is 11.4. The summed E-state index contributed by atoms with van der Waals surface area (Å²) in [6, 6.07) is 0. The molecule has 0 radical (unpaired) electrons. The van der Waals surface area contributed by atoms with E-state index in [4.69, 9.17) is 23.2 Å². The molecule has 0 aliphatic rings. The van der Waals surface area contributed by atoms with Crippen LogP contribution in [0, 0.1) is 5.92 Å². The Morgan fingerprint density at radius 2 is 2.14 bits per heavy atom. The third-order valence-electron chi connectivity index (χ3n) is 1.63. The highest BCUT2D eigenvalue weighted by Gasteiger charge is 2.11.